The highest BCUT2D eigenvalue weighted by Crippen LogP contribution is 2.22. The SMILES string of the molecule is Cc1cc(NC(=O)CBr)c2ccccc2n1. The minimum absolute atomic E-state index is 0.0595. The number of carbonyl (C=O) groups excluding carboxylic acids is 1. The van der Waals surface area contributed by atoms with Gasteiger partial charge < -0.3 is 5.32 Å². The second-order valence-electron chi connectivity index (χ2n) is 3.51. The van der Waals surface area contributed by atoms with Gasteiger partial charge in [-0.2, -0.15) is 0 Å². The molecule has 3 nitrogen and oxygen atoms in total. The van der Waals surface area contributed by atoms with E-state index in [1.54, 1.807) is 0 Å². The highest BCUT2D eigenvalue weighted by molar-refractivity contribution is 9.09. The predicted molar refractivity (Wildman–Crippen MR) is 68.9 cm³/mol. The normalized spacial score (nSPS) is 10.4. The van der Waals surface area contributed by atoms with E-state index in [2.05, 4.69) is 26.2 Å². The second kappa shape index (κ2) is 4.61. The van der Waals surface area contributed by atoms with E-state index in [9.17, 15) is 4.79 Å². The molecule has 4 heteroatoms. The molecule has 0 unspecified atom stereocenters. The maximum absolute atomic E-state index is 11.4. The second-order valence-corrected chi connectivity index (χ2v) is 4.07. The van der Waals surface area contributed by atoms with Crippen LogP contribution in [0.25, 0.3) is 10.9 Å². The molecular weight excluding hydrogens is 268 g/mol. The lowest BCUT2D eigenvalue weighted by atomic mass is 10.1. The number of carbonyl (C=O) groups is 1. The predicted octanol–water partition coefficient (Wildman–Crippen LogP) is 2.88. The van der Waals surface area contributed by atoms with Gasteiger partial charge in [-0.25, -0.2) is 0 Å². The molecular formula is C12H11BrN2O. The lowest BCUT2D eigenvalue weighted by molar-refractivity contribution is -0.113. The van der Waals surface area contributed by atoms with Crippen LogP contribution in [0.2, 0.25) is 0 Å². The molecule has 0 aliphatic carbocycles. The lowest BCUT2D eigenvalue weighted by Gasteiger charge is -2.08. The first kappa shape index (κ1) is 11.1. The van der Waals surface area contributed by atoms with Crippen LogP contribution in [0.1, 0.15) is 5.69 Å². The van der Waals surface area contributed by atoms with Gasteiger partial charge in [0.05, 0.1) is 16.5 Å². The third kappa shape index (κ3) is 2.22. The lowest BCUT2D eigenvalue weighted by Crippen LogP contribution is -2.12. The maximum atomic E-state index is 11.4. The van der Waals surface area contributed by atoms with Crippen LogP contribution in [0, 0.1) is 6.92 Å². The average Bonchev–Trinajstić information content (AvgIpc) is 2.28. The molecule has 2 rings (SSSR count). The number of aryl methyl sites for hydroxylation is 1. The number of nitrogens with zero attached hydrogens (tertiary/aromatic N) is 1. The summed E-state index contributed by atoms with van der Waals surface area (Å²) >= 11 is 3.13. The Kier molecular flexibility index (Phi) is 3.19. The smallest absolute Gasteiger partial charge is 0.235 e. The molecule has 1 aromatic heterocycles. The average molecular weight is 279 g/mol. The van der Waals surface area contributed by atoms with Crippen molar-refractivity contribution in [1.29, 1.82) is 0 Å². The quantitative estimate of drug-likeness (QED) is 0.859. The first-order valence-corrected chi connectivity index (χ1v) is 6.05. The minimum atomic E-state index is -0.0595. The third-order valence-electron chi connectivity index (χ3n) is 2.24. The molecule has 0 fully saturated rings. The molecule has 1 aromatic carbocycles. The fourth-order valence-electron chi connectivity index (χ4n) is 1.59. The van der Waals surface area contributed by atoms with Crippen molar-refractivity contribution in [3.05, 3.63) is 36.0 Å². The third-order valence-corrected chi connectivity index (χ3v) is 2.75. The van der Waals surface area contributed by atoms with Crippen LogP contribution in [0.4, 0.5) is 5.69 Å². The van der Waals surface area contributed by atoms with E-state index in [1.807, 2.05) is 37.3 Å². The molecule has 16 heavy (non-hydrogen) atoms. The Morgan fingerprint density at radius 2 is 2.19 bits per heavy atom. The first-order valence-electron chi connectivity index (χ1n) is 4.93. The summed E-state index contributed by atoms with van der Waals surface area (Å²) in [7, 11) is 0. The van der Waals surface area contributed by atoms with Crippen molar-refractivity contribution in [2.24, 2.45) is 0 Å². The highest BCUT2D eigenvalue weighted by atomic mass is 79.9. The van der Waals surface area contributed by atoms with E-state index in [0.29, 0.717) is 5.33 Å². The van der Waals surface area contributed by atoms with Gasteiger partial charge in [-0.3, -0.25) is 9.78 Å². The largest absolute Gasteiger partial charge is 0.325 e. The number of alkyl halides is 1. The van der Waals surface area contributed by atoms with Gasteiger partial charge in [0.15, 0.2) is 0 Å². The van der Waals surface area contributed by atoms with Crippen LogP contribution in [-0.2, 0) is 4.79 Å². The number of amides is 1. The number of fused-ring (bicyclic) bond motifs is 1. The zero-order chi connectivity index (χ0) is 11.5. The van der Waals surface area contributed by atoms with Crippen molar-refractivity contribution in [2.45, 2.75) is 6.92 Å². The van der Waals surface area contributed by atoms with Crippen LogP contribution in [0.15, 0.2) is 30.3 Å². The fraction of sp³-hybridized carbons (Fsp3) is 0.167. The number of pyridine rings is 1. The number of aromatic nitrogens is 1. The zero-order valence-electron chi connectivity index (χ0n) is 8.83. The van der Waals surface area contributed by atoms with Gasteiger partial charge in [-0.15, -0.1) is 0 Å². The molecule has 0 saturated heterocycles. The molecule has 1 heterocycles. The molecule has 0 saturated carbocycles. The highest BCUT2D eigenvalue weighted by Gasteiger charge is 2.06. The summed E-state index contributed by atoms with van der Waals surface area (Å²) in [4.78, 5) is 15.8. The summed E-state index contributed by atoms with van der Waals surface area (Å²) in [6.07, 6.45) is 0. The van der Waals surface area contributed by atoms with Crippen LogP contribution in [-0.4, -0.2) is 16.2 Å². The summed E-state index contributed by atoms with van der Waals surface area (Å²) in [5, 5.41) is 4.10. The van der Waals surface area contributed by atoms with Gasteiger partial charge in [0.25, 0.3) is 0 Å². The van der Waals surface area contributed by atoms with Crippen LogP contribution >= 0.6 is 15.9 Å². The maximum Gasteiger partial charge on any atom is 0.235 e. The molecule has 0 aliphatic heterocycles. The van der Waals surface area contributed by atoms with E-state index < -0.39 is 0 Å². The van der Waals surface area contributed by atoms with Gasteiger partial charge in [-0.05, 0) is 19.1 Å². The summed E-state index contributed by atoms with van der Waals surface area (Å²) in [6, 6.07) is 9.63. The minimum Gasteiger partial charge on any atom is -0.325 e. The molecule has 1 amide bonds. The van der Waals surface area contributed by atoms with E-state index in [0.717, 1.165) is 22.3 Å². The van der Waals surface area contributed by atoms with E-state index in [4.69, 9.17) is 0 Å². The number of rotatable bonds is 2. The molecule has 0 radical (unpaired) electrons. The van der Waals surface area contributed by atoms with Crippen molar-refractivity contribution >= 4 is 38.4 Å². The van der Waals surface area contributed by atoms with E-state index >= 15 is 0 Å². The molecule has 0 spiro atoms. The molecule has 1 N–H and O–H groups in total. The molecule has 82 valence electrons. The Morgan fingerprint density at radius 1 is 1.44 bits per heavy atom. The summed E-state index contributed by atoms with van der Waals surface area (Å²) in [6.45, 7) is 1.91. The van der Waals surface area contributed by atoms with Crippen molar-refractivity contribution < 1.29 is 4.79 Å². The molecule has 0 aliphatic rings. The van der Waals surface area contributed by atoms with Crippen LogP contribution < -0.4 is 5.32 Å². The van der Waals surface area contributed by atoms with E-state index in [1.165, 1.54) is 0 Å². The van der Waals surface area contributed by atoms with Gasteiger partial charge in [0.1, 0.15) is 0 Å². The Morgan fingerprint density at radius 3 is 2.94 bits per heavy atom. The number of hydrogen-bond acceptors (Lipinski definition) is 2. The Hall–Kier alpha value is -1.42. The van der Waals surface area contributed by atoms with Gasteiger partial charge in [0.2, 0.25) is 5.91 Å². The van der Waals surface area contributed by atoms with E-state index in [-0.39, 0.29) is 5.91 Å². The summed E-state index contributed by atoms with van der Waals surface area (Å²) in [5.41, 5.74) is 2.60. The van der Waals surface area contributed by atoms with Crippen molar-refractivity contribution in [3.8, 4) is 0 Å². The van der Waals surface area contributed by atoms with Crippen LogP contribution in [0.3, 0.4) is 0 Å². The van der Waals surface area contributed by atoms with Crippen molar-refractivity contribution in [1.82, 2.24) is 4.98 Å². The van der Waals surface area contributed by atoms with Crippen molar-refractivity contribution in [2.75, 3.05) is 10.6 Å². The van der Waals surface area contributed by atoms with Gasteiger partial charge in [-0.1, -0.05) is 34.1 Å². The fourth-order valence-corrected chi connectivity index (χ4v) is 1.74. The van der Waals surface area contributed by atoms with Gasteiger partial charge >= 0.3 is 0 Å². The molecule has 0 bridgehead atoms. The number of nitrogens with one attached hydrogen (secondary N) is 1. The summed E-state index contributed by atoms with van der Waals surface area (Å²) in [5.74, 6) is -0.0595. The summed E-state index contributed by atoms with van der Waals surface area (Å²) < 4.78 is 0. The number of hydrogen-bond donors (Lipinski definition) is 1. The number of halogens is 1. The Bertz CT molecular complexity index is 540. The van der Waals surface area contributed by atoms with Crippen LogP contribution in [0.5, 0.6) is 0 Å². The Balaban J connectivity index is 2.54. The zero-order valence-corrected chi connectivity index (χ0v) is 10.4. The molecule has 2 aromatic rings. The van der Waals surface area contributed by atoms with Gasteiger partial charge in [0, 0.05) is 11.1 Å². The first-order chi connectivity index (χ1) is 7.70. The van der Waals surface area contributed by atoms with Crippen molar-refractivity contribution in [3.63, 3.8) is 0 Å². The number of para-hydroxylation sites is 1. The standard InChI is InChI=1S/C12H11BrN2O/c1-8-6-11(15-12(16)7-13)9-4-2-3-5-10(9)14-8/h2-6H,7H2,1H3,(H,14,15,16). The number of anilines is 1. The monoisotopic (exact) mass is 278 g/mol. The molecule has 0 atom stereocenters. The topological polar surface area (TPSA) is 42.0 Å². The number of benzene rings is 1. The Labute approximate surface area is 102 Å².